The number of fused-ring (bicyclic) bond motifs is 3. The average molecular weight is 479 g/mol. The smallest absolute Gasteiger partial charge is 0.407 e. The van der Waals surface area contributed by atoms with E-state index in [1.54, 1.807) is 0 Å². The molecule has 4 atom stereocenters. The molecule has 1 fully saturated rings. The van der Waals surface area contributed by atoms with Gasteiger partial charge in [-0.3, -0.25) is 9.59 Å². The zero-order valence-corrected chi connectivity index (χ0v) is 20.3. The Balaban J connectivity index is 1.39. The van der Waals surface area contributed by atoms with Crippen molar-refractivity contribution in [1.29, 1.82) is 0 Å². The number of nitrogens with one attached hydrogen (secondary N) is 2. The molecule has 0 bridgehead atoms. The van der Waals surface area contributed by atoms with Crippen molar-refractivity contribution in [3.8, 4) is 11.1 Å². The molecule has 1 saturated carbocycles. The van der Waals surface area contributed by atoms with Crippen molar-refractivity contribution < 1.29 is 24.2 Å². The van der Waals surface area contributed by atoms with Gasteiger partial charge in [-0.2, -0.15) is 0 Å². The molecule has 4 unspecified atom stereocenters. The standard InChI is InChI=1S/C28H34N2O5/c1-3-17(2)25(26(31)29-19-10-8-9-18(15-19)27(32)33)30-28(34)35-16-24-22-13-6-4-11-20(22)21-12-5-7-14-23(21)24/h4-7,11-14,17-19,24-25H,3,8-10,15-16H2,1-2H3,(H,29,31)(H,30,34)(H,32,33). The predicted molar refractivity (Wildman–Crippen MR) is 133 cm³/mol. The maximum Gasteiger partial charge on any atom is 0.407 e. The highest BCUT2D eigenvalue weighted by atomic mass is 16.5. The van der Waals surface area contributed by atoms with Crippen molar-refractivity contribution in [2.24, 2.45) is 11.8 Å². The highest BCUT2D eigenvalue weighted by molar-refractivity contribution is 5.86. The van der Waals surface area contributed by atoms with E-state index < -0.39 is 24.0 Å². The van der Waals surface area contributed by atoms with E-state index in [-0.39, 0.29) is 30.4 Å². The molecule has 0 heterocycles. The van der Waals surface area contributed by atoms with Crippen molar-refractivity contribution in [3.05, 3.63) is 59.7 Å². The van der Waals surface area contributed by atoms with E-state index in [0.29, 0.717) is 19.3 Å². The minimum absolute atomic E-state index is 0.0563. The first kappa shape index (κ1) is 24.8. The van der Waals surface area contributed by atoms with E-state index in [4.69, 9.17) is 4.74 Å². The number of amides is 2. The number of hydrogen-bond acceptors (Lipinski definition) is 4. The van der Waals surface area contributed by atoms with Gasteiger partial charge in [-0.15, -0.1) is 0 Å². The molecule has 0 aliphatic heterocycles. The molecule has 0 saturated heterocycles. The SMILES string of the molecule is CCC(C)C(NC(=O)OCC1c2ccccc2-c2ccccc21)C(=O)NC1CCCC(C(=O)O)C1. The van der Waals surface area contributed by atoms with Crippen LogP contribution in [0, 0.1) is 11.8 Å². The third-order valence-electron chi connectivity index (χ3n) is 7.48. The Labute approximate surface area is 206 Å². The van der Waals surface area contributed by atoms with Gasteiger partial charge in [0.15, 0.2) is 0 Å². The number of carbonyl (C=O) groups excluding carboxylic acids is 2. The molecular formula is C28H34N2O5. The fourth-order valence-corrected chi connectivity index (χ4v) is 5.31. The van der Waals surface area contributed by atoms with E-state index in [1.807, 2.05) is 38.1 Å². The molecule has 3 N–H and O–H groups in total. The Morgan fingerprint density at radius 3 is 2.26 bits per heavy atom. The zero-order chi connectivity index (χ0) is 24.9. The summed E-state index contributed by atoms with van der Waals surface area (Å²) in [6.45, 7) is 4.05. The van der Waals surface area contributed by atoms with E-state index >= 15 is 0 Å². The van der Waals surface area contributed by atoms with Crippen LogP contribution in [0.25, 0.3) is 11.1 Å². The van der Waals surface area contributed by atoms with Gasteiger partial charge in [0, 0.05) is 12.0 Å². The van der Waals surface area contributed by atoms with Gasteiger partial charge >= 0.3 is 12.1 Å². The summed E-state index contributed by atoms with van der Waals surface area (Å²) in [4.78, 5) is 37.3. The molecule has 4 rings (SSSR count). The summed E-state index contributed by atoms with van der Waals surface area (Å²) in [6.07, 6.45) is 2.63. The average Bonchev–Trinajstić information content (AvgIpc) is 3.19. The number of aliphatic carboxylic acids is 1. The first-order valence-corrected chi connectivity index (χ1v) is 12.5. The van der Waals surface area contributed by atoms with Gasteiger partial charge in [0.25, 0.3) is 0 Å². The lowest BCUT2D eigenvalue weighted by molar-refractivity contribution is -0.143. The van der Waals surface area contributed by atoms with Gasteiger partial charge in [-0.25, -0.2) is 4.79 Å². The van der Waals surface area contributed by atoms with Crippen molar-refractivity contribution in [3.63, 3.8) is 0 Å². The van der Waals surface area contributed by atoms with Gasteiger partial charge in [0.2, 0.25) is 5.91 Å². The highest BCUT2D eigenvalue weighted by Gasteiger charge is 2.33. The van der Waals surface area contributed by atoms with Crippen molar-refractivity contribution in [1.82, 2.24) is 10.6 Å². The first-order chi connectivity index (χ1) is 16.9. The second-order valence-electron chi connectivity index (χ2n) is 9.74. The Morgan fingerprint density at radius 1 is 1.03 bits per heavy atom. The summed E-state index contributed by atoms with van der Waals surface area (Å²) < 4.78 is 5.65. The molecule has 2 aromatic carbocycles. The lowest BCUT2D eigenvalue weighted by atomic mass is 9.85. The van der Waals surface area contributed by atoms with Gasteiger partial charge in [0.1, 0.15) is 12.6 Å². The largest absolute Gasteiger partial charge is 0.481 e. The van der Waals surface area contributed by atoms with Crippen molar-refractivity contribution in [2.45, 2.75) is 64.0 Å². The fraction of sp³-hybridized carbons (Fsp3) is 0.464. The summed E-state index contributed by atoms with van der Waals surface area (Å²) in [6, 6.07) is 15.3. The van der Waals surface area contributed by atoms with Crippen LogP contribution in [-0.4, -0.2) is 41.8 Å². The topological polar surface area (TPSA) is 105 Å². The number of hydrogen-bond donors (Lipinski definition) is 3. The summed E-state index contributed by atoms with van der Waals surface area (Å²) in [5, 5.41) is 15.1. The fourth-order valence-electron chi connectivity index (χ4n) is 5.31. The molecule has 2 amide bonds. The van der Waals surface area contributed by atoms with Gasteiger partial charge in [-0.05, 0) is 47.4 Å². The van der Waals surface area contributed by atoms with Gasteiger partial charge in [0.05, 0.1) is 5.92 Å². The number of ether oxygens (including phenoxy) is 1. The molecule has 35 heavy (non-hydrogen) atoms. The number of carboxylic acid groups (broad SMARTS) is 1. The molecule has 186 valence electrons. The summed E-state index contributed by atoms with van der Waals surface area (Å²) >= 11 is 0. The molecule has 2 aliphatic rings. The Hall–Kier alpha value is -3.35. The number of rotatable bonds is 8. The maximum absolute atomic E-state index is 13.1. The lowest BCUT2D eigenvalue weighted by Crippen LogP contribution is -2.53. The van der Waals surface area contributed by atoms with Crippen LogP contribution in [0.4, 0.5) is 4.79 Å². The molecule has 2 aromatic rings. The Kier molecular flexibility index (Phi) is 7.73. The maximum atomic E-state index is 13.1. The summed E-state index contributed by atoms with van der Waals surface area (Å²) in [7, 11) is 0. The molecule has 7 nitrogen and oxygen atoms in total. The van der Waals surface area contributed by atoms with E-state index in [0.717, 1.165) is 35.1 Å². The molecule has 7 heteroatoms. The predicted octanol–water partition coefficient (Wildman–Crippen LogP) is 4.70. The van der Waals surface area contributed by atoms with Crippen molar-refractivity contribution >= 4 is 18.0 Å². The Bertz CT molecular complexity index is 1040. The normalized spacial score (nSPS) is 20.7. The minimum atomic E-state index is -0.820. The third kappa shape index (κ3) is 5.50. The minimum Gasteiger partial charge on any atom is -0.481 e. The zero-order valence-electron chi connectivity index (χ0n) is 20.3. The van der Waals surface area contributed by atoms with E-state index in [2.05, 4.69) is 34.9 Å². The van der Waals surface area contributed by atoms with Crippen molar-refractivity contribution in [2.75, 3.05) is 6.61 Å². The number of alkyl carbamates (subject to hydrolysis) is 1. The molecule has 0 radical (unpaired) electrons. The van der Waals surface area contributed by atoms with Crippen LogP contribution in [0.15, 0.2) is 48.5 Å². The van der Waals surface area contributed by atoms with Crippen LogP contribution in [0.5, 0.6) is 0 Å². The second-order valence-corrected chi connectivity index (χ2v) is 9.74. The van der Waals surface area contributed by atoms with Crippen LogP contribution >= 0.6 is 0 Å². The van der Waals surface area contributed by atoms with Gasteiger partial charge in [-0.1, -0.05) is 75.2 Å². The second kappa shape index (κ2) is 10.9. The highest BCUT2D eigenvalue weighted by Crippen LogP contribution is 2.44. The van der Waals surface area contributed by atoms with E-state index in [9.17, 15) is 19.5 Å². The third-order valence-corrected chi connectivity index (χ3v) is 7.48. The van der Waals surface area contributed by atoms with Crippen LogP contribution < -0.4 is 10.6 Å². The summed E-state index contributed by atoms with van der Waals surface area (Å²) in [5.74, 6) is -1.71. The molecule has 2 aliphatic carbocycles. The summed E-state index contributed by atoms with van der Waals surface area (Å²) in [5.41, 5.74) is 4.56. The number of carboxylic acids is 1. The number of carbonyl (C=O) groups is 3. The van der Waals surface area contributed by atoms with Gasteiger partial charge < -0.3 is 20.5 Å². The molecule has 0 aromatic heterocycles. The van der Waals surface area contributed by atoms with E-state index in [1.165, 1.54) is 0 Å². The van der Waals surface area contributed by atoms with Crippen LogP contribution in [0.1, 0.15) is 63.0 Å². The first-order valence-electron chi connectivity index (χ1n) is 12.5. The Morgan fingerprint density at radius 2 is 1.66 bits per heavy atom. The van der Waals surface area contributed by atoms with Crippen LogP contribution in [-0.2, 0) is 14.3 Å². The van der Waals surface area contributed by atoms with Crippen LogP contribution in [0.3, 0.4) is 0 Å². The quantitative estimate of drug-likeness (QED) is 0.510. The monoisotopic (exact) mass is 478 g/mol. The molecule has 0 spiro atoms. The number of benzene rings is 2. The molecular weight excluding hydrogens is 444 g/mol. The van der Waals surface area contributed by atoms with Crippen LogP contribution in [0.2, 0.25) is 0 Å². The lowest BCUT2D eigenvalue weighted by Gasteiger charge is -2.30.